The second-order valence-electron chi connectivity index (χ2n) is 7.71. The van der Waals surface area contributed by atoms with Crippen LogP contribution in [0.25, 0.3) is 0 Å². The van der Waals surface area contributed by atoms with Crippen molar-refractivity contribution in [2.24, 2.45) is 35.5 Å². The lowest BCUT2D eigenvalue weighted by atomic mass is 9.52. The van der Waals surface area contributed by atoms with Crippen LogP contribution in [0, 0.1) is 35.5 Å². The van der Waals surface area contributed by atoms with Gasteiger partial charge in [-0.1, -0.05) is 45.9 Å². The van der Waals surface area contributed by atoms with Crippen LogP contribution in [0.5, 0.6) is 0 Å². The van der Waals surface area contributed by atoms with Crippen molar-refractivity contribution in [3.05, 3.63) is 0 Å². The smallest absolute Gasteiger partial charge is 0.242 e. The number of hydrogen-bond acceptors (Lipinski definition) is 3. The summed E-state index contributed by atoms with van der Waals surface area (Å²) in [5.74, 6) is 3.53. The maximum absolute atomic E-state index is 12.4. The minimum absolute atomic E-state index is 0.0243. The summed E-state index contributed by atoms with van der Waals surface area (Å²) in [6, 6.07) is 0. The molecule has 0 radical (unpaired) electrons. The first-order valence-electron chi connectivity index (χ1n) is 9.72. The second-order valence-corrected chi connectivity index (χ2v) is 8.11. The second kappa shape index (κ2) is 7.16. The molecule has 23 heavy (non-hydrogen) atoms. The van der Waals surface area contributed by atoms with Crippen LogP contribution in [0.4, 0.5) is 0 Å². The molecule has 0 aromatic rings. The lowest BCUT2D eigenvalue weighted by Gasteiger charge is -2.53. The molecule has 6 atom stereocenters. The minimum atomic E-state index is -0.0731. The van der Waals surface area contributed by atoms with Gasteiger partial charge in [-0.3, -0.25) is 9.59 Å². The first-order valence-corrected chi connectivity index (χ1v) is 10.1. The summed E-state index contributed by atoms with van der Waals surface area (Å²) in [6.07, 6.45) is 10.9. The zero-order chi connectivity index (χ0) is 16.6. The van der Waals surface area contributed by atoms with Gasteiger partial charge in [0.05, 0.1) is 0 Å². The molecule has 0 bridgehead atoms. The molecule has 3 saturated carbocycles. The summed E-state index contributed by atoms with van der Waals surface area (Å²) in [5, 5.41) is 0. The van der Waals surface area contributed by atoms with E-state index >= 15 is 0 Å². The molecule has 1 aliphatic heterocycles. The van der Waals surface area contributed by atoms with Crippen molar-refractivity contribution >= 4 is 24.6 Å². The van der Waals surface area contributed by atoms with Crippen molar-refractivity contribution in [3.63, 3.8) is 0 Å². The van der Waals surface area contributed by atoms with Crippen molar-refractivity contribution in [3.8, 4) is 0 Å². The van der Waals surface area contributed by atoms with Crippen molar-refractivity contribution in [1.82, 2.24) is 4.31 Å². The highest BCUT2D eigenvalue weighted by Crippen LogP contribution is 2.56. The molecule has 4 rings (SSSR count). The first kappa shape index (κ1) is 17.3. The summed E-state index contributed by atoms with van der Waals surface area (Å²) in [4.78, 5) is 24.4. The first-order chi connectivity index (χ1) is 11.2. The van der Waals surface area contributed by atoms with Crippen LogP contribution in [0.2, 0.25) is 0 Å². The molecule has 4 fully saturated rings. The number of piperidine rings is 1. The van der Waals surface area contributed by atoms with Crippen molar-refractivity contribution < 1.29 is 9.59 Å². The lowest BCUT2D eigenvalue weighted by molar-refractivity contribution is -0.154. The van der Waals surface area contributed by atoms with Crippen LogP contribution in [-0.4, -0.2) is 16.1 Å². The fourth-order valence-electron chi connectivity index (χ4n) is 6.11. The standard InChI is InChI=1S/C17H25NO2S.C2H6/c19-16-9-15-13-6-5-10-3-1-2-4-11(10)12(13)7-8-14(15)17(20)18(16)21;1-2/h10-15,21H,1-9H2;1-2H3. The van der Waals surface area contributed by atoms with E-state index in [4.69, 9.17) is 0 Å². The van der Waals surface area contributed by atoms with Crippen LogP contribution in [0.15, 0.2) is 0 Å². The zero-order valence-corrected chi connectivity index (χ0v) is 15.4. The van der Waals surface area contributed by atoms with E-state index in [-0.39, 0.29) is 17.7 Å². The molecular weight excluding hydrogens is 306 g/mol. The molecule has 1 saturated heterocycles. The Kier molecular flexibility index (Phi) is 5.39. The fourth-order valence-corrected chi connectivity index (χ4v) is 6.34. The summed E-state index contributed by atoms with van der Waals surface area (Å²) in [7, 11) is 0. The highest BCUT2D eigenvalue weighted by molar-refractivity contribution is 7.79. The summed E-state index contributed by atoms with van der Waals surface area (Å²) >= 11 is 4.10. The number of hydrogen-bond donors (Lipinski definition) is 1. The monoisotopic (exact) mass is 337 g/mol. The normalized spacial score (nSPS) is 42.8. The average molecular weight is 338 g/mol. The van der Waals surface area contributed by atoms with E-state index in [1.807, 2.05) is 13.8 Å². The number of carbonyl (C=O) groups is 2. The predicted molar refractivity (Wildman–Crippen MR) is 94.7 cm³/mol. The van der Waals surface area contributed by atoms with Gasteiger partial charge in [0, 0.05) is 12.3 Å². The number of carbonyl (C=O) groups excluding carboxylic acids is 2. The summed E-state index contributed by atoms with van der Waals surface area (Å²) in [6.45, 7) is 4.00. The van der Waals surface area contributed by atoms with Crippen LogP contribution < -0.4 is 0 Å². The van der Waals surface area contributed by atoms with Gasteiger partial charge in [-0.05, 0) is 61.7 Å². The van der Waals surface area contributed by atoms with E-state index in [0.29, 0.717) is 18.3 Å². The van der Waals surface area contributed by atoms with Crippen LogP contribution in [0.3, 0.4) is 0 Å². The van der Waals surface area contributed by atoms with Crippen LogP contribution in [0.1, 0.15) is 71.6 Å². The predicted octanol–water partition coefficient (Wildman–Crippen LogP) is 4.48. The van der Waals surface area contributed by atoms with Crippen molar-refractivity contribution in [2.75, 3.05) is 0 Å². The Labute approximate surface area is 146 Å². The third-order valence-electron chi connectivity index (χ3n) is 6.99. The molecular formula is C19H31NO2S. The van der Waals surface area contributed by atoms with Gasteiger partial charge >= 0.3 is 0 Å². The zero-order valence-electron chi connectivity index (χ0n) is 14.5. The van der Waals surface area contributed by atoms with Crippen LogP contribution >= 0.6 is 12.8 Å². The molecule has 3 aliphatic carbocycles. The number of nitrogens with zero attached hydrogens (tertiary/aromatic N) is 1. The Bertz CT molecular complexity index is 466. The van der Waals surface area contributed by atoms with Gasteiger partial charge in [-0.2, -0.15) is 0 Å². The third kappa shape index (κ3) is 2.96. The van der Waals surface area contributed by atoms with E-state index in [9.17, 15) is 9.59 Å². The number of thiol groups is 1. The largest absolute Gasteiger partial charge is 0.273 e. The average Bonchev–Trinajstić information content (AvgIpc) is 2.61. The van der Waals surface area contributed by atoms with E-state index in [2.05, 4.69) is 12.8 Å². The van der Waals surface area contributed by atoms with Gasteiger partial charge in [-0.25, -0.2) is 4.31 Å². The van der Waals surface area contributed by atoms with Crippen LogP contribution in [-0.2, 0) is 9.59 Å². The molecule has 0 aromatic heterocycles. The number of imide groups is 1. The molecule has 2 amide bonds. The maximum atomic E-state index is 12.4. The van der Waals surface area contributed by atoms with Gasteiger partial charge in [0.15, 0.2) is 0 Å². The molecule has 1 heterocycles. The highest BCUT2D eigenvalue weighted by Gasteiger charge is 2.52. The fraction of sp³-hybridized carbons (Fsp3) is 0.895. The van der Waals surface area contributed by atoms with E-state index in [1.54, 1.807) is 0 Å². The molecule has 6 unspecified atom stereocenters. The molecule has 4 aliphatic rings. The number of fused-ring (bicyclic) bond motifs is 5. The molecule has 0 aromatic carbocycles. The van der Waals surface area contributed by atoms with Gasteiger partial charge in [0.2, 0.25) is 11.8 Å². The summed E-state index contributed by atoms with van der Waals surface area (Å²) in [5.41, 5.74) is 0. The summed E-state index contributed by atoms with van der Waals surface area (Å²) < 4.78 is 1.09. The Morgan fingerprint density at radius 2 is 1.48 bits per heavy atom. The molecule has 0 N–H and O–H groups in total. The van der Waals surface area contributed by atoms with Gasteiger partial charge < -0.3 is 0 Å². The van der Waals surface area contributed by atoms with Gasteiger partial charge in [0.25, 0.3) is 0 Å². The number of amides is 2. The Hall–Kier alpha value is -0.510. The third-order valence-corrected chi connectivity index (χ3v) is 7.41. The van der Waals surface area contributed by atoms with E-state index in [0.717, 1.165) is 28.5 Å². The van der Waals surface area contributed by atoms with Crippen molar-refractivity contribution in [2.45, 2.75) is 71.6 Å². The molecule has 0 spiro atoms. The molecule has 3 nitrogen and oxygen atoms in total. The lowest BCUT2D eigenvalue weighted by Crippen LogP contribution is -2.53. The highest BCUT2D eigenvalue weighted by atomic mass is 32.1. The van der Waals surface area contributed by atoms with Gasteiger partial charge in [-0.15, -0.1) is 0 Å². The maximum Gasteiger partial charge on any atom is 0.242 e. The van der Waals surface area contributed by atoms with E-state index < -0.39 is 0 Å². The molecule has 4 heteroatoms. The Balaban J connectivity index is 0.000000753. The SMILES string of the molecule is CC.O=C1CC2C(CCC3C4CCCCC4CCC23)C(=O)N1S. The Morgan fingerprint density at radius 3 is 2.26 bits per heavy atom. The topological polar surface area (TPSA) is 37.4 Å². The number of rotatable bonds is 0. The van der Waals surface area contributed by atoms with E-state index in [1.165, 1.54) is 44.9 Å². The Morgan fingerprint density at radius 1 is 0.826 bits per heavy atom. The van der Waals surface area contributed by atoms with Crippen molar-refractivity contribution in [1.29, 1.82) is 0 Å². The molecule has 130 valence electrons. The minimum Gasteiger partial charge on any atom is -0.273 e. The van der Waals surface area contributed by atoms with Gasteiger partial charge in [0.1, 0.15) is 0 Å². The quantitative estimate of drug-likeness (QED) is 0.523.